The van der Waals surface area contributed by atoms with Crippen molar-refractivity contribution in [3.05, 3.63) is 0 Å². The molecule has 3 heteroatoms. The standard InChI is InChI=1S/C11H20BrNO/c12-9-7-5-3-1-2-4-6-8-10-13-11-14/h1-10H2. The average Bonchev–Trinajstić information content (AvgIpc) is 2.21. The van der Waals surface area contributed by atoms with Crippen LogP contribution in [0.3, 0.4) is 0 Å². The van der Waals surface area contributed by atoms with Crippen molar-refractivity contribution < 1.29 is 4.79 Å². The summed E-state index contributed by atoms with van der Waals surface area (Å²) in [5, 5.41) is 1.14. The number of hydrogen-bond donors (Lipinski definition) is 0. The van der Waals surface area contributed by atoms with Gasteiger partial charge in [-0.1, -0.05) is 54.5 Å². The van der Waals surface area contributed by atoms with Crippen molar-refractivity contribution >= 4 is 22.0 Å². The van der Waals surface area contributed by atoms with E-state index < -0.39 is 0 Å². The van der Waals surface area contributed by atoms with Crippen LogP contribution in [0.4, 0.5) is 0 Å². The number of alkyl halides is 1. The van der Waals surface area contributed by atoms with E-state index in [1.807, 2.05) is 0 Å². The molecule has 0 unspecified atom stereocenters. The second kappa shape index (κ2) is 12.9. The van der Waals surface area contributed by atoms with Gasteiger partial charge >= 0.3 is 0 Å². The molecule has 0 rings (SSSR count). The second-order valence-electron chi connectivity index (χ2n) is 3.49. The lowest BCUT2D eigenvalue weighted by atomic mass is 10.1. The lowest BCUT2D eigenvalue weighted by Gasteiger charge is -1.99. The van der Waals surface area contributed by atoms with Gasteiger partial charge in [0, 0.05) is 5.33 Å². The van der Waals surface area contributed by atoms with Crippen molar-refractivity contribution in [2.45, 2.75) is 51.4 Å². The SMILES string of the molecule is O=C=NCCCCCCCCCCBr. The lowest BCUT2D eigenvalue weighted by molar-refractivity contribution is 0.558. The summed E-state index contributed by atoms with van der Waals surface area (Å²) in [7, 11) is 0. The van der Waals surface area contributed by atoms with Gasteiger partial charge in [-0.05, 0) is 12.8 Å². The Balaban J connectivity index is 2.88. The van der Waals surface area contributed by atoms with Crippen LogP contribution in [0.1, 0.15) is 51.4 Å². The number of carbonyl (C=O) groups excluding carboxylic acids is 1. The zero-order valence-electron chi connectivity index (χ0n) is 8.80. The number of isocyanates is 1. The number of aliphatic imine (C=N–C) groups is 1. The highest BCUT2D eigenvalue weighted by atomic mass is 79.9. The van der Waals surface area contributed by atoms with Crippen LogP contribution < -0.4 is 0 Å². The molecule has 0 fully saturated rings. The molecule has 0 aromatic rings. The first-order valence-corrected chi connectivity index (χ1v) is 6.63. The van der Waals surface area contributed by atoms with Gasteiger partial charge in [0.15, 0.2) is 0 Å². The van der Waals surface area contributed by atoms with Crippen molar-refractivity contribution in [1.29, 1.82) is 0 Å². The highest BCUT2D eigenvalue weighted by Crippen LogP contribution is 2.09. The molecule has 0 aliphatic rings. The summed E-state index contributed by atoms with van der Waals surface area (Å²) in [4.78, 5) is 13.3. The molecule has 0 aliphatic heterocycles. The maximum absolute atomic E-state index is 9.74. The highest BCUT2D eigenvalue weighted by molar-refractivity contribution is 9.09. The Kier molecular flexibility index (Phi) is 12.7. The largest absolute Gasteiger partial charge is 0.234 e. The molecule has 0 heterocycles. The van der Waals surface area contributed by atoms with Gasteiger partial charge in [-0.15, -0.1) is 0 Å². The minimum Gasteiger partial charge on any atom is -0.211 e. The topological polar surface area (TPSA) is 29.4 Å². The van der Waals surface area contributed by atoms with Gasteiger partial charge < -0.3 is 0 Å². The van der Waals surface area contributed by atoms with E-state index in [4.69, 9.17) is 0 Å². The average molecular weight is 262 g/mol. The summed E-state index contributed by atoms with van der Waals surface area (Å²) < 4.78 is 0. The maximum Gasteiger partial charge on any atom is 0.234 e. The Morgan fingerprint density at radius 2 is 1.36 bits per heavy atom. The first-order valence-electron chi connectivity index (χ1n) is 5.51. The van der Waals surface area contributed by atoms with E-state index in [-0.39, 0.29) is 0 Å². The molecule has 82 valence electrons. The number of unbranched alkanes of at least 4 members (excludes halogenated alkanes) is 7. The Morgan fingerprint density at radius 1 is 0.857 bits per heavy atom. The molecule has 0 aromatic heterocycles. The zero-order chi connectivity index (χ0) is 10.5. The zero-order valence-corrected chi connectivity index (χ0v) is 10.4. The molecular weight excluding hydrogens is 242 g/mol. The van der Waals surface area contributed by atoms with Gasteiger partial charge in [0.25, 0.3) is 0 Å². The molecule has 0 saturated carbocycles. The molecule has 0 N–H and O–H groups in total. The molecule has 0 aromatic carbocycles. The fraction of sp³-hybridized carbons (Fsp3) is 0.909. The van der Waals surface area contributed by atoms with Gasteiger partial charge in [0.1, 0.15) is 0 Å². The molecule has 0 aliphatic carbocycles. The lowest BCUT2D eigenvalue weighted by Crippen LogP contribution is -1.83. The minimum absolute atomic E-state index is 0.660. The molecule has 14 heavy (non-hydrogen) atoms. The van der Waals surface area contributed by atoms with E-state index in [0.717, 1.165) is 11.8 Å². The third-order valence-corrected chi connectivity index (χ3v) is 2.78. The number of hydrogen-bond acceptors (Lipinski definition) is 2. The molecule has 0 saturated heterocycles. The van der Waals surface area contributed by atoms with E-state index in [2.05, 4.69) is 20.9 Å². The quantitative estimate of drug-likeness (QED) is 0.254. The normalized spacial score (nSPS) is 9.79. The minimum atomic E-state index is 0.660. The number of rotatable bonds is 10. The summed E-state index contributed by atoms with van der Waals surface area (Å²) in [6.07, 6.45) is 11.8. The third-order valence-electron chi connectivity index (χ3n) is 2.22. The van der Waals surface area contributed by atoms with Crippen molar-refractivity contribution in [1.82, 2.24) is 0 Å². The van der Waals surface area contributed by atoms with Crippen LogP contribution in [-0.4, -0.2) is 18.0 Å². The number of halogens is 1. The van der Waals surface area contributed by atoms with E-state index in [1.54, 1.807) is 6.08 Å². The Hall–Kier alpha value is -0.140. The summed E-state index contributed by atoms with van der Waals surface area (Å²) in [5.41, 5.74) is 0. The molecule has 0 spiro atoms. The van der Waals surface area contributed by atoms with Crippen LogP contribution in [0.5, 0.6) is 0 Å². The van der Waals surface area contributed by atoms with Crippen LogP contribution in [0, 0.1) is 0 Å². The molecule has 0 radical (unpaired) electrons. The first-order chi connectivity index (χ1) is 6.91. The molecule has 0 atom stereocenters. The Bertz CT molecular complexity index is 155. The van der Waals surface area contributed by atoms with Crippen LogP contribution in [0.25, 0.3) is 0 Å². The van der Waals surface area contributed by atoms with Crippen molar-refractivity contribution in [3.63, 3.8) is 0 Å². The van der Waals surface area contributed by atoms with Crippen molar-refractivity contribution in [2.24, 2.45) is 4.99 Å². The van der Waals surface area contributed by atoms with Gasteiger partial charge in [0.2, 0.25) is 6.08 Å². The Morgan fingerprint density at radius 3 is 1.86 bits per heavy atom. The third kappa shape index (κ3) is 11.9. The molecule has 0 amide bonds. The molecule has 0 bridgehead atoms. The second-order valence-corrected chi connectivity index (χ2v) is 4.28. The van der Waals surface area contributed by atoms with Gasteiger partial charge in [-0.3, -0.25) is 0 Å². The van der Waals surface area contributed by atoms with Gasteiger partial charge in [0.05, 0.1) is 6.54 Å². The first kappa shape index (κ1) is 13.9. The summed E-state index contributed by atoms with van der Waals surface area (Å²) in [5.74, 6) is 0. The van der Waals surface area contributed by atoms with E-state index in [0.29, 0.717) is 6.54 Å². The number of nitrogens with zero attached hydrogens (tertiary/aromatic N) is 1. The Labute approximate surface area is 95.3 Å². The smallest absolute Gasteiger partial charge is 0.211 e. The van der Waals surface area contributed by atoms with E-state index in [9.17, 15) is 4.79 Å². The molecular formula is C11H20BrNO. The molecule has 2 nitrogen and oxygen atoms in total. The van der Waals surface area contributed by atoms with Crippen molar-refractivity contribution in [2.75, 3.05) is 11.9 Å². The predicted octanol–water partition coefficient (Wildman–Crippen LogP) is 3.84. The maximum atomic E-state index is 9.74. The van der Waals surface area contributed by atoms with Crippen LogP contribution in [0.15, 0.2) is 4.99 Å². The van der Waals surface area contributed by atoms with E-state index >= 15 is 0 Å². The van der Waals surface area contributed by atoms with Crippen LogP contribution in [-0.2, 0) is 4.79 Å². The highest BCUT2D eigenvalue weighted by Gasteiger charge is 1.91. The predicted molar refractivity (Wildman–Crippen MR) is 63.7 cm³/mol. The van der Waals surface area contributed by atoms with E-state index in [1.165, 1.54) is 44.9 Å². The van der Waals surface area contributed by atoms with Crippen LogP contribution >= 0.6 is 15.9 Å². The fourth-order valence-electron chi connectivity index (χ4n) is 1.39. The summed E-state index contributed by atoms with van der Waals surface area (Å²) in [6, 6.07) is 0. The fourth-order valence-corrected chi connectivity index (χ4v) is 1.79. The van der Waals surface area contributed by atoms with Crippen LogP contribution in [0.2, 0.25) is 0 Å². The van der Waals surface area contributed by atoms with Gasteiger partial charge in [-0.25, -0.2) is 9.79 Å². The monoisotopic (exact) mass is 261 g/mol. The van der Waals surface area contributed by atoms with Gasteiger partial charge in [-0.2, -0.15) is 0 Å². The summed E-state index contributed by atoms with van der Waals surface area (Å²) >= 11 is 3.43. The van der Waals surface area contributed by atoms with Crippen molar-refractivity contribution in [3.8, 4) is 0 Å². The summed E-state index contributed by atoms with van der Waals surface area (Å²) in [6.45, 7) is 0.660.